The summed E-state index contributed by atoms with van der Waals surface area (Å²) in [6.45, 7) is 0. The second kappa shape index (κ2) is 4.61. The molecule has 0 aliphatic carbocycles. The number of rotatable bonds is 3. The van der Waals surface area contributed by atoms with Gasteiger partial charge in [0.1, 0.15) is 11.6 Å². The average molecular weight is 253 g/mol. The largest absolute Gasteiger partial charge is 0.388 e. The van der Waals surface area contributed by atoms with E-state index in [0.717, 1.165) is 33.9 Å². The molecule has 2 heterocycles. The van der Waals surface area contributed by atoms with Crippen LogP contribution in [0.2, 0.25) is 0 Å². The van der Waals surface area contributed by atoms with E-state index in [9.17, 15) is 0 Å². The smallest absolute Gasteiger partial charge is 0.138 e. The third kappa shape index (κ3) is 2.10. The van der Waals surface area contributed by atoms with Crippen molar-refractivity contribution in [3.05, 3.63) is 36.5 Å². The minimum atomic E-state index is 0.816. The van der Waals surface area contributed by atoms with Gasteiger partial charge in [0.2, 0.25) is 0 Å². The molecule has 3 rings (SSSR count). The van der Waals surface area contributed by atoms with E-state index in [1.54, 1.807) is 6.20 Å². The third-order valence-electron chi connectivity index (χ3n) is 3.07. The summed E-state index contributed by atoms with van der Waals surface area (Å²) >= 11 is 0. The molecule has 0 fully saturated rings. The van der Waals surface area contributed by atoms with E-state index >= 15 is 0 Å². The first-order chi connectivity index (χ1) is 9.30. The van der Waals surface area contributed by atoms with E-state index in [1.807, 2.05) is 44.4 Å². The molecule has 3 aromatic rings. The fraction of sp³-hybridized carbons (Fsp3) is 0.143. The first-order valence-corrected chi connectivity index (χ1v) is 6.12. The van der Waals surface area contributed by atoms with Crippen LogP contribution in [-0.4, -0.2) is 29.0 Å². The number of aromatic nitrogens is 3. The molecule has 0 aliphatic rings. The molecular formula is C14H15N5. The standard InChI is InChI=1S/C14H15N5/c1-15-10-5-3-9(4-6-10)14-18-11-7-13(16-2)17-8-12(11)19-14/h3-8,15H,1-2H3,(H,16,17)(H,18,19). The van der Waals surface area contributed by atoms with E-state index in [4.69, 9.17) is 0 Å². The van der Waals surface area contributed by atoms with Gasteiger partial charge in [0, 0.05) is 31.4 Å². The number of nitrogens with one attached hydrogen (secondary N) is 3. The van der Waals surface area contributed by atoms with E-state index in [2.05, 4.69) is 25.6 Å². The van der Waals surface area contributed by atoms with Gasteiger partial charge in [-0.25, -0.2) is 9.97 Å². The molecule has 0 saturated carbocycles. The zero-order valence-corrected chi connectivity index (χ0v) is 10.9. The molecule has 0 saturated heterocycles. The Labute approximate surface area is 111 Å². The van der Waals surface area contributed by atoms with Gasteiger partial charge in [-0.2, -0.15) is 0 Å². The molecule has 0 radical (unpaired) electrons. The van der Waals surface area contributed by atoms with Crippen molar-refractivity contribution in [2.24, 2.45) is 0 Å². The lowest BCUT2D eigenvalue weighted by molar-refractivity contribution is 1.30. The Morgan fingerprint density at radius 1 is 1.05 bits per heavy atom. The van der Waals surface area contributed by atoms with Gasteiger partial charge in [-0.1, -0.05) is 0 Å². The van der Waals surface area contributed by atoms with Crippen LogP contribution in [-0.2, 0) is 0 Å². The summed E-state index contributed by atoms with van der Waals surface area (Å²) in [5, 5.41) is 6.11. The van der Waals surface area contributed by atoms with Gasteiger partial charge in [-0.3, -0.25) is 0 Å². The van der Waals surface area contributed by atoms with Crippen molar-refractivity contribution < 1.29 is 0 Å². The van der Waals surface area contributed by atoms with Crippen molar-refractivity contribution in [3.8, 4) is 11.4 Å². The molecule has 5 heteroatoms. The zero-order valence-electron chi connectivity index (χ0n) is 10.9. The lowest BCUT2D eigenvalue weighted by Gasteiger charge is -2.00. The number of aromatic amines is 1. The minimum absolute atomic E-state index is 0.816. The van der Waals surface area contributed by atoms with Crippen molar-refractivity contribution >= 4 is 22.5 Å². The highest BCUT2D eigenvalue weighted by atomic mass is 15.0. The van der Waals surface area contributed by atoms with Gasteiger partial charge in [0.25, 0.3) is 0 Å². The summed E-state index contributed by atoms with van der Waals surface area (Å²) in [4.78, 5) is 12.1. The van der Waals surface area contributed by atoms with Crippen molar-refractivity contribution in [3.63, 3.8) is 0 Å². The summed E-state index contributed by atoms with van der Waals surface area (Å²) in [5.41, 5.74) is 3.99. The number of nitrogens with zero attached hydrogens (tertiary/aromatic N) is 2. The molecule has 96 valence electrons. The second-order valence-electron chi connectivity index (χ2n) is 4.25. The molecule has 0 aliphatic heterocycles. The average Bonchev–Trinajstić information content (AvgIpc) is 2.90. The van der Waals surface area contributed by atoms with Gasteiger partial charge < -0.3 is 15.6 Å². The summed E-state index contributed by atoms with van der Waals surface area (Å²) in [7, 11) is 3.75. The van der Waals surface area contributed by atoms with E-state index < -0.39 is 0 Å². The molecule has 1 aromatic carbocycles. The SMILES string of the molecule is CNc1ccc(-c2nc3cc(NC)ncc3[nH]2)cc1. The van der Waals surface area contributed by atoms with Crippen LogP contribution in [0.15, 0.2) is 36.5 Å². The van der Waals surface area contributed by atoms with Crippen molar-refractivity contribution in [1.29, 1.82) is 0 Å². The number of pyridine rings is 1. The minimum Gasteiger partial charge on any atom is -0.388 e. The maximum Gasteiger partial charge on any atom is 0.138 e. The molecule has 0 atom stereocenters. The predicted molar refractivity (Wildman–Crippen MR) is 78.4 cm³/mol. The maximum absolute atomic E-state index is 4.59. The van der Waals surface area contributed by atoms with Crippen molar-refractivity contribution in [1.82, 2.24) is 15.0 Å². The van der Waals surface area contributed by atoms with Crippen molar-refractivity contribution in [2.75, 3.05) is 24.7 Å². The van der Waals surface area contributed by atoms with E-state index in [1.165, 1.54) is 0 Å². The highest BCUT2D eigenvalue weighted by Crippen LogP contribution is 2.22. The molecule has 2 aromatic heterocycles. The first-order valence-electron chi connectivity index (χ1n) is 6.12. The molecule has 0 amide bonds. The van der Waals surface area contributed by atoms with Crippen LogP contribution in [0, 0.1) is 0 Å². The van der Waals surface area contributed by atoms with Crippen LogP contribution in [0.5, 0.6) is 0 Å². The second-order valence-corrected chi connectivity index (χ2v) is 4.25. The summed E-state index contributed by atoms with van der Waals surface area (Å²) < 4.78 is 0. The number of imidazole rings is 1. The molecule has 3 N–H and O–H groups in total. The molecule has 0 bridgehead atoms. The van der Waals surface area contributed by atoms with Gasteiger partial charge in [-0.15, -0.1) is 0 Å². The molecule has 19 heavy (non-hydrogen) atoms. The monoisotopic (exact) mass is 253 g/mol. The Morgan fingerprint density at radius 3 is 2.53 bits per heavy atom. The number of anilines is 2. The Bertz CT molecular complexity index is 699. The topological polar surface area (TPSA) is 65.6 Å². The molecule has 0 spiro atoms. The van der Waals surface area contributed by atoms with Gasteiger partial charge in [0.15, 0.2) is 0 Å². The van der Waals surface area contributed by atoms with Gasteiger partial charge in [0.05, 0.1) is 17.2 Å². The Balaban J connectivity index is 2.04. The highest BCUT2D eigenvalue weighted by Gasteiger charge is 2.06. The quantitative estimate of drug-likeness (QED) is 0.671. The lowest BCUT2D eigenvalue weighted by Crippen LogP contribution is -1.90. The number of hydrogen-bond donors (Lipinski definition) is 3. The number of hydrogen-bond acceptors (Lipinski definition) is 4. The van der Waals surface area contributed by atoms with E-state index in [0.29, 0.717) is 0 Å². The molecular weight excluding hydrogens is 238 g/mol. The Kier molecular flexibility index (Phi) is 2.79. The summed E-state index contributed by atoms with van der Waals surface area (Å²) in [6, 6.07) is 10.1. The first kappa shape index (κ1) is 11.5. The summed E-state index contributed by atoms with van der Waals surface area (Å²) in [6.07, 6.45) is 1.79. The van der Waals surface area contributed by atoms with E-state index in [-0.39, 0.29) is 0 Å². The van der Waals surface area contributed by atoms with Crippen LogP contribution < -0.4 is 10.6 Å². The summed E-state index contributed by atoms with van der Waals surface area (Å²) in [5.74, 6) is 1.67. The van der Waals surface area contributed by atoms with Crippen molar-refractivity contribution in [2.45, 2.75) is 0 Å². The third-order valence-corrected chi connectivity index (χ3v) is 3.07. The number of fused-ring (bicyclic) bond motifs is 1. The van der Waals surface area contributed by atoms with Crippen LogP contribution >= 0.6 is 0 Å². The van der Waals surface area contributed by atoms with Crippen LogP contribution in [0.3, 0.4) is 0 Å². The lowest BCUT2D eigenvalue weighted by atomic mass is 10.2. The van der Waals surface area contributed by atoms with Crippen LogP contribution in [0.4, 0.5) is 11.5 Å². The highest BCUT2D eigenvalue weighted by molar-refractivity contribution is 5.81. The fourth-order valence-electron chi connectivity index (χ4n) is 1.98. The Morgan fingerprint density at radius 2 is 1.84 bits per heavy atom. The normalized spacial score (nSPS) is 10.6. The molecule has 5 nitrogen and oxygen atoms in total. The molecule has 0 unspecified atom stereocenters. The zero-order chi connectivity index (χ0) is 13.2. The number of benzene rings is 1. The number of H-pyrrole nitrogens is 1. The maximum atomic E-state index is 4.59. The van der Waals surface area contributed by atoms with Gasteiger partial charge >= 0.3 is 0 Å². The van der Waals surface area contributed by atoms with Crippen LogP contribution in [0.25, 0.3) is 22.4 Å². The Hall–Kier alpha value is -2.56. The van der Waals surface area contributed by atoms with Gasteiger partial charge in [-0.05, 0) is 24.3 Å². The van der Waals surface area contributed by atoms with Crippen LogP contribution in [0.1, 0.15) is 0 Å². The fourth-order valence-corrected chi connectivity index (χ4v) is 1.98. The predicted octanol–water partition coefficient (Wildman–Crippen LogP) is 2.71.